The molecule has 1 heterocycles. The molecule has 3 aromatic rings. The van der Waals surface area contributed by atoms with Crippen molar-refractivity contribution in [3.63, 3.8) is 0 Å². The summed E-state index contributed by atoms with van der Waals surface area (Å²) in [5.41, 5.74) is 6.92. The van der Waals surface area contributed by atoms with E-state index in [0.29, 0.717) is 13.0 Å². The number of pyridine rings is 1. The molecular weight excluding hydrogens is 368 g/mol. The smallest absolute Gasteiger partial charge is 0.227 e. The monoisotopic (exact) mass is 398 g/mol. The highest BCUT2D eigenvalue weighted by Crippen LogP contribution is 2.29. The summed E-state index contributed by atoms with van der Waals surface area (Å²) in [5, 5.41) is 0. The minimum absolute atomic E-state index is 0.144. The van der Waals surface area contributed by atoms with Crippen LogP contribution in [0.3, 0.4) is 0 Å². The standard InChI is InChI=1S/C27H30N2O/c1-20(22-10-4-3-5-11-22)17-27(30)29(19-25-14-8-9-21(2)28-25)26-16-15-23-12-6-7-13-24(23)18-26/h3-5,8-11,14-16,18,20H,6-7,12-13,17,19H2,1-2H3/t20-/m0/s1. The first kappa shape index (κ1) is 20.3. The SMILES string of the molecule is Cc1cccc(CN(C(=O)C[C@H](C)c2ccccc2)c2ccc3c(c2)CCCC3)n1. The number of hydrogen-bond acceptors (Lipinski definition) is 2. The van der Waals surface area contributed by atoms with Crippen molar-refractivity contribution in [2.24, 2.45) is 0 Å². The summed E-state index contributed by atoms with van der Waals surface area (Å²) < 4.78 is 0. The first-order valence-electron chi connectivity index (χ1n) is 11.0. The van der Waals surface area contributed by atoms with Crippen LogP contribution in [0.4, 0.5) is 5.69 Å². The molecule has 0 saturated carbocycles. The summed E-state index contributed by atoms with van der Waals surface area (Å²) in [6, 6.07) is 22.9. The second-order valence-electron chi connectivity index (χ2n) is 8.43. The number of rotatable bonds is 6. The normalized spacial score (nSPS) is 14.1. The number of benzene rings is 2. The fourth-order valence-electron chi connectivity index (χ4n) is 4.33. The van der Waals surface area contributed by atoms with Crippen LogP contribution in [-0.2, 0) is 24.2 Å². The Morgan fingerprint density at radius 1 is 0.967 bits per heavy atom. The Hall–Kier alpha value is -2.94. The Bertz CT molecular complexity index is 1010. The van der Waals surface area contributed by atoms with Gasteiger partial charge in [-0.15, -0.1) is 0 Å². The maximum absolute atomic E-state index is 13.5. The van der Waals surface area contributed by atoms with Gasteiger partial charge in [-0.05, 0) is 79.5 Å². The molecular formula is C27H30N2O. The lowest BCUT2D eigenvalue weighted by molar-refractivity contribution is -0.119. The molecule has 1 aliphatic carbocycles. The number of carbonyl (C=O) groups is 1. The van der Waals surface area contributed by atoms with Gasteiger partial charge in [0, 0.05) is 17.8 Å². The lowest BCUT2D eigenvalue weighted by Crippen LogP contribution is -2.32. The van der Waals surface area contributed by atoms with Gasteiger partial charge in [0.25, 0.3) is 0 Å². The van der Waals surface area contributed by atoms with Crippen molar-refractivity contribution in [2.45, 2.75) is 58.4 Å². The third kappa shape index (κ3) is 4.79. The molecule has 1 amide bonds. The summed E-state index contributed by atoms with van der Waals surface area (Å²) in [7, 11) is 0. The molecule has 1 atom stereocenters. The van der Waals surface area contributed by atoms with Gasteiger partial charge in [0.15, 0.2) is 0 Å². The maximum atomic E-state index is 13.5. The fourth-order valence-corrected chi connectivity index (χ4v) is 4.33. The molecule has 0 N–H and O–H groups in total. The van der Waals surface area contributed by atoms with Crippen molar-refractivity contribution in [1.82, 2.24) is 4.98 Å². The predicted molar refractivity (Wildman–Crippen MR) is 123 cm³/mol. The third-order valence-electron chi connectivity index (χ3n) is 6.06. The molecule has 4 rings (SSSR count). The van der Waals surface area contributed by atoms with Crippen LogP contribution in [0.5, 0.6) is 0 Å². The van der Waals surface area contributed by atoms with Gasteiger partial charge in [0.05, 0.1) is 12.2 Å². The second kappa shape index (κ2) is 9.25. The number of amides is 1. The average molecular weight is 399 g/mol. The van der Waals surface area contributed by atoms with Crippen LogP contribution in [0.15, 0.2) is 66.7 Å². The maximum Gasteiger partial charge on any atom is 0.227 e. The molecule has 154 valence electrons. The lowest BCUT2D eigenvalue weighted by Gasteiger charge is -2.26. The zero-order valence-corrected chi connectivity index (χ0v) is 18.0. The van der Waals surface area contributed by atoms with Crippen LogP contribution < -0.4 is 4.90 Å². The van der Waals surface area contributed by atoms with E-state index in [9.17, 15) is 4.79 Å². The van der Waals surface area contributed by atoms with E-state index in [2.05, 4.69) is 42.2 Å². The fraction of sp³-hybridized carbons (Fsp3) is 0.333. The van der Waals surface area contributed by atoms with Gasteiger partial charge in [-0.25, -0.2) is 0 Å². The van der Waals surface area contributed by atoms with E-state index in [1.807, 2.05) is 48.2 Å². The van der Waals surface area contributed by atoms with Crippen LogP contribution in [0.1, 0.15) is 60.2 Å². The first-order chi connectivity index (χ1) is 14.6. The molecule has 0 saturated heterocycles. The number of aromatic nitrogens is 1. The van der Waals surface area contributed by atoms with Crippen LogP contribution >= 0.6 is 0 Å². The van der Waals surface area contributed by atoms with Crippen LogP contribution in [0.2, 0.25) is 0 Å². The van der Waals surface area contributed by atoms with E-state index in [-0.39, 0.29) is 11.8 Å². The van der Waals surface area contributed by atoms with Gasteiger partial charge < -0.3 is 4.90 Å². The van der Waals surface area contributed by atoms with Crippen LogP contribution in [-0.4, -0.2) is 10.9 Å². The highest BCUT2D eigenvalue weighted by atomic mass is 16.2. The molecule has 1 aromatic heterocycles. The highest BCUT2D eigenvalue weighted by Gasteiger charge is 2.21. The minimum Gasteiger partial charge on any atom is -0.306 e. The lowest BCUT2D eigenvalue weighted by atomic mass is 9.91. The summed E-state index contributed by atoms with van der Waals surface area (Å²) in [6.07, 6.45) is 5.22. The Labute approximate surface area is 179 Å². The van der Waals surface area contributed by atoms with Gasteiger partial charge in [-0.1, -0.05) is 49.4 Å². The molecule has 0 aliphatic heterocycles. The van der Waals surface area contributed by atoms with E-state index in [1.165, 1.54) is 29.5 Å². The molecule has 3 nitrogen and oxygen atoms in total. The van der Waals surface area contributed by atoms with E-state index in [4.69, 9.17) is 0 Å². The Morgan fingerprint density at radius 2 is 1.73 bits per heavy atom. The number of fused-ring (bicyclic) bond motifs is 1. The highest BCUT2D eigenvalue weighted by molar-refractivity contribution is 5.93. The zero-order chi connectivity index (χ0) is 20.9. The van der Waals surface area contributed by atoms with Gasteiger partial charge in [0.1, 0.15) is 0 Å². The second-order valence-corrected chi connectivity index (χ2v) is 8.43. The van der Waals surface area contributed by atoms with Crippen molar-refractivity contribution in [1.29, 1.82) is 0 Å². The molecule has 30 heavy (non-hydrogen) atoms. The topological polar surface area (TPSA) is 33.2 Å². The molecule has 0 unspecified atom stereocenters. The summed E-state index contributed by atoms with van der Waals surface area (Å²) in [6.45, 7) is 4.62. The van der Waals surface area contributed by atoms with E-state index >= 15 is 0 Å². The summed E-state index contributed by atoms with van der Waals surface area (Å²) >= 11 is 0. The molecule has 0 bridgehead atoms. The molecule has 0 spiro atoms. The largest absolute Gasteiger partial charge is 0.306 e. The van der Waals surface area contributed by atoms with E-state index in [0.717, 1.165) is 29.9 Å². The molecule has 2 aromatic carbocycles. The van der Waals surface area contributed by atoms with Crippen molar-refractivity contribution in [2.75, 3.05) is 4.90 Å². The van der Waals surface area contributed by atoms with Crippen molar-refractivity contribution in [3.05, 3.63) is 94.8 Å². The number of hydrogen-bond donors (Lipinski definition) is 0. The summed E-state index contributed by atoms with van der Waals surface area (Å²) in [4.78, 5) is 20.1. The van der Waals surface area contributed by atoms with Crippen molar-refractivity contribution < 1.29 is 4.79 Å². The molecule has 0 fully saturated rings. The Kier molecular flexibility index (Phi) is 6.27. The third-order valence-corrected chi connectivity index (χ3v) is 6.06. The minimum atomic E-state index is 0.144. The summed E-state index contributed by atoms with van der Waals surface area (Å²) in [5.74, 6) is 0.315. The molecule has 1 aliphatic rings. The quantitative estimate of drug-likeness (QED) is 0.510. The van der Waals surface area contributed by atoms with Crippen molar-refractivity contribution >= 4 is 11.6 Å². The van der Waals surface area contributed by atoms with Gasteiger partial charge in [0.2, 0.25) is 5.91 Å². The van der Waals surface area contributed by atoms with E-state index in [1.54, 1.807) is 0 Å². The van der Waals surface area contributed by atoms with Crippen LogP contribution in [0.25, 0.3) is 0 Å². The van der Waals surface area contributed by atoms with Gasteiger partial charge >= 0.3 is 0 Å². The molecule has 0 radical (unpaired) electrons. The number of carbonyl (C=O) groups excluding carboxylic acids is 1. The number of anilines is 1. The zero-order valence-electron chi connectivity index (χ0n) is 18.0. The van der Waals surface area contributed by atoms with E-state index < -0.39 is 0 Å². The van der Waals surface area contributed by atoms with Gasteiger partial charge in [-0.2, -0.15) is 0 Å². The first-order valence-corrected chi connectivity index (χ1v) is 11.0. The number of aryl methyl sites for hydroxylation is 3. The number of nitrogens with zero attached hydrogens (tertiary/aromatic N) is 2. The Morgan fingerprint density at radius 3 is 2.50 bits per heavy atom. The predicted octanol–water partition coefficient (Wildman–Crippen LogP) is 6.00. The van der Waals surface area contributed by atoms with Gasteiger partial charge in [-0.3, -0.25) is 9.78 Å². The average Bonchev–Trinajstić information content (AvgIpc) is 2.77. The van der Waals surface area contributed by atoms with Crippen molar-refractivity contribution in [3.8, 4) is 0 Å². The Balaban J connectivity index is 1.62. The molecule has 3 heteroatoms. The van der Waals surface area contributed by atoms with Crippen LogP contribution in [0, 0.1) is 6.92 Å².